The number of nitriles is 1. The summed E-state index contributed by atoms with van der Waals surface area (Å²) in [6.07, 6.45) is 2.43. The van der Waals surface area contributed by atoms with Crippen molar-refractivity contribution in [3.05, 3.63) is 40.3 Å². The van der Waals surface area contributed by atoms with Crippen LogP contribution in [0.25, 0.3) is 0 Å². The largest absolute Gasteiger partial charge is 0.369 e. The second-order valence-corrected chi connectivity index (χ2v) is 5.00. The van der Waals surface area contributed by atoms with E-state index in [4.69, 9.17) is 16.9 Å². The van der Waals surface area contributed by atoms with Crippen LogP contribution in [0.5, 0.6) is 0 Å². The van der Waals surface area contributed by atoms with Gasteiger partial charge in [0.25, 0.3) is 0 Å². The molecule has 20 heavy (non-hydrogen) atoms. The van der Waals surface area contributed by atoms with Crippen LogP contribution in [0.15, 0.2) is 18.3 Å². The predicted molar refractivity (Wildman–Crippen MR) is 78.8 cm³/mol. The first-order chi connectivity index (χ1) is 9.60. The van der Waals surface area contributed by atoms with Gasteiger partial charge in [-0.2, -0.15) is 10.4 Å². The Labute approximate surface area is 123 Å². The van der Waals surface area contributed by atoms with E-state index in [0.717, 1.165) is 30.9 Å². The number of nitrogens with one attached hydrogen (secondary N) is 1. The Balaban J connectivity index is 1.85. The average molecular weight is 290 g/mol. The van der Waals surface area contributed by atoms with Crippen LogP contribution in [0, 0.1) is 25.2 Å². The highest BCUT2D eigenvalue weighted by Gasteiger charge is 2.04. The summed E-state index contributed by atoms with van der Waals surface area (Å²) in [4.78, 5) is 4.13. The molecule has 2 rings (SSSR count). The van der Waals surface area contributed by atoms with Gasteiger partial charge >= 0.3 is 0 Å². The fraction of sp³-hybridized carbons (Fsp3) is 0.357. The Morgan fingerprint density at radius 2 is 2.20 bits per heavy atom. The van der Waals surface area contributed by atoms with Gasteiger partial charge in [0.05, 0.1) is 16.3 Å². The average Bonchev–Trinajstić information content (AvgIpc) is 2.74. The zero-order valence-electron chi connectivity index (χ0n) is 11.5. The smallest absolute Gasteiger partial charge is 0.144 e. The molecule has 104 valence electrons. The lowest BCUT2D eigenvalue weighted by Crippen LogP contribution is -2.10. The molecule has 2 aromatic heterocycles. The minimum atomic E-state index is 0.461. The van der Waals surface area contributed by atoms with E-state index in [-0.39, 0.29) is 0 Å². The first-order valence-electron chi connectivity index (χ1n) is 6.40. The fourth-order valence-electron chi connectivity index (χ4n) is 1.97. The molecule has 5 nitrogen and oxygen atoms in total. The predicted octanol–water partition coefficient (Wildman–Crippen LogP) is 2.92. The Bertz CT molecular complexity index is 641. The van der Waals surface area contributed by atoms with E-state index in [1.54, 1.807) is 6.07 Å². The number of hydrogen-bond acceptors (Lipinski definition) is 4. The van der Waals surface area contributed by atoms with Crippen LogP contribution in [-0.2, 0) is 6.54 Å². The van der Waals surface area contributed by atoms with Gasteiger partial charge in [0.1, 0.15) is 11.9 Å². The summed E-state index contributed by atoms with van der Waals surface area (Å²) in [7, 11) is 0. The molecule has 0 aliphatic carbocycles. The molecular weight excluding hydrogens is 274 g/mol. The third-order valence-electron chi connectivity index (χ3n) is 2.91. The van der Waals surface area contributed by atoms with Gasteiger partial charge in [0, 0.05) is 25.0 Å². The molecule has 0 saturated heterocycles. The molecule has 0 aliphatic heterocycles. The van der Waals surface area contributed by atoms with Crippen molar-refractivity contribution in [1.29, 1.82) is 5.26 Å². The van der Waals surface area contributed by atoms with Crippen LogP contribution < -0.4 is 5.32 Å². The van der Waals surface area contributed by atoms with Crippen molar-refractivity contribution in [3.63, 3.8) is 0 Å². The number of hydrogen-bond donors (Lipinski definition) is 1. The molecule has 0 atom stereocenters. The standard InChI is InChI=1S/C14H16ClN5/c1-10-6-11(2)20(19-10)5-3-4-17-14-13(15)7-12(8-16)9-18-14/h6-7,9H,3-5H2,1-2H3,(H,17,18). The quantitative estimate of drug-likeness (QED) is 0.860. The summed E-state index contributed by atoms with van der Waals surface area (Å²) in [5, 5.41) is 16.8. The molecule has 0 spiro atoms. The van der Waals surface area contributed by atoms with E-state index >= 15 is 0 Å². The number of aromatic nitrogens is 3. The topological polar surface area (TPSA) is 66.5 Å². The Hall–Kier alpha value is -2.06. The fourth-order valence-corrected chi connectivity index (χ4v) is 2.20. The molecule has 0 saturated carbocycles. The van der Waals surface area contributed by atoms with Crippen molar-refractivity contribution in [2.24, 2.45) is 0 Å². The van der Waals surface area contributed by atoms with Crippen LogP contribution in [0.1, 0.15) is 23.4 Å². The molecule has 0 fully saturated rings. The minimum absolute atomic E-state index is 0.461. The molecule has 1 N–H and O–H groups in total. The van der Waals surface area contributed by atoms with Gasteiger partial charge in [-0.05, 0) is 32.4 Å². The molecule has 6 heteroatoms. The maximum absolute atomic E-state index is 8.74. The number of rotatable bonds is 5. The van der Waals surface area contributed by atoms with Gasteiger partial charge in [0.15, 0.2) is 0 Å². The van der Waals surface area contributed by atoms with E-state index in [9.17, 15) is 0 Å². The lowest BCUT2D eigenvalue weighted by atomic mass is 10.3. The van der Waals surface area contributed by atoms with Gasteiger partial charge < -0.3 is 5.32 Å². The number of halogens is 1. The number of nitrogens with zero attached hydrogens (tertiary/aromatic N) is 4. The van der Waals surface area contributed by atoms with Crippen molar-refractivity contribution in [2.75, 3.05) is 11.9 Å². The summed E-state index contributed by atoms with van der Waals surface area (Å²) in [5.41, 5.74) is 2.66. The first-order valence-corrected chi connectivity index (χ1v) is 6.78. The highest BCUT2D eigenvalue weighted by molar-refractivity contribution is 6.33. The van der Waals surface area contributed by atoms with Crippen molar-refractivity contribution in [1.82, 2.24) is 14.8 Å². The van der Waals surface area contributed by atoms with E-state index in [2.05, 4.69) is 21.5 Å². The number of pyridine rings is 1. The lowest BCUT2D eigenvalue weighted by molar-refractivity contribution is 0.573. The molecule has 0 unspecified atom stereocenters. The van der Waals surface area contributed by atoms with E-state index in [0.29, 0.717) is 16.4 Å². The monoisotopic (exact) mass is 289 g/mol. The second kappa shape index (κ2) is 6.40. The van der Waals surface area contributed by atoms with E-state index < -0.39 is 0 Å². The molecule has 0 bridgehead atoms. The second-order valence-electron chi connectivity index (χ2n) is 4.60. The van der Waals surface area contributed by atoms with Crippen molar-refractivity contribution < 1.29 is 0 Å². The van der Waals surface area contributed by atoms with Crippen molar-refractivity contribution in [3.8, 4) is 6.07 Å². The molecule has 2 heterocycles. The third-order valence-corrected chi connectivity index (χ3v) is 3.20. The highest BCUT2D eigenvalue weighted by atomic mass is 35.5. The molecule has 0 aliphatic rings. The van der Waals surface area contributed by atoms with Gasteiger partial charge in [-0.15, -0.1) is 0 Å². The van der Waals surface area contributed by atoms with E-state index in [1.165, 1.54) is 6.20 Å². The summed E-state index contributed by atoms with van der Waals surface area (Å²) < 4.78 is 1.99. The summed E-state index contributed by atoms with van der Waals surface area (Å²) in [6, 6.07) is 5.68. The van der Waals surface area contributed by atoms with Gasteiger partial charge in [-0.25, -0.2) is 4.98 Å². The summed E-state index contributed by atoms with van der Waals surface area (Å²) >= 11 is 6.04. The number of anilines is 1. The molecule has 0 amide bonds. The minimum Gasteiger partial charge on any atom is -0.369 e. The maximum Gasteiger partial charge on any atom is 0.144 e. The van der Waals surface area contributed by atoms with Crippen molar-refractivity contribution in [2.45, 2.75) is 26.8 Å². The van der Waals surface area contributed by atoms with Gasteiger partial charge in [-0.3, -0.25) is 4.68 Å². The zero-order valence-corrected chi connectivity index (χ0v) is 12.3. The molecule has 0 aromatic carbocycles. The van der Waals surface area contributed by atoms with Crippen LogP contribution in [0.2, 0.25) is 5.02 Å². The van der Waals surface area contributed by atoms with Crippen molar-refractivity contribution >= 4 is 17.4 Å². The van der Waals surface area contributed by atoms with Crippen LogP contribution in [0.4, 0.5) is 5.82 Å². The highest BCUT2D eigenvalue weighted by Crippen LogP contribution is 2.19. The van der Waals surface area contributed by atoms with Crippen LogP contribution in [0.3, 0.4) is 0 Å². The van der Waals surface area contributed by atoms with Gasteiger partial charge in [-0.1, -0.05) is 11.6 Å². The Morgan fingerprint density at radius 3 is 2.80 bits per heavy atom. The molecular formula is C14H16ClN5. The summed E-state index contributed by atoms with van der Waals surface area (Å²) in [5.74, 6) is 0.610. The lowest BCUT2D eigenvalue weighted by Gasteiger charge is -2.08. The van der Waals surface area contributed by atoms with Crippen LogP contribution in [-0.4, -0.2) is 21.3 Å². The SMILES string of the molecule is Cc1cc(C)n(CCCNc2ncc(C#N)cc2Cl)n1. The Kier molecular flexibility index (Phi) is 4.59. The third kappa shape index (κ3) is 3.49. The molecule has 0 radical (unpaired) electrons. The van der Waals surface area contributed by atoms with Crippen LogP contribution >= 0.6 is 11.6 Å². The zero-order chi connectivity index (χ0) is 14.5. The number of aryl methyl sites for hydroxylation is 3. The van der Waals surface area contributed by atoms with Gasteiger partial charge in [0.2, 0.25) is 0 Å². The Morgan fingerprint density at radius 1 is 1.40 bits per heavy atom. The first kappa shape index (κ1) is 14.4. The summed E-state index contributed by atoms with van der Waals surface area (Å²) in [6.45, 7) is 5.63. The maximum atomic E-state index is 8.74. The normalized spacial score (nSPS) is 10.3. The molecule has 2 aromatic rings. The van der Waals surface area contributed by atoms with E-state index in [1.807, 2.05) is 24.6 Å².